The molecule has 29 heavy (non-hydrogen) atoms. The first kappa shape index (κ1) is 20.2. The molecule has 0 unspecified atom stereocenters. The number of nitrogens with one attached hydrogen (secondary N) is 1. The zero-order valence-electron chi connectivity index (χ0n) is 16.3. The molecule has 1 N–H and O–H groups in total. The van der Waals surface area contributed by atoms with Gasteiger partial charge in [-0.15, -0.1) is 0 Å². The molecule has 0 bridgehead atoms. The van der Waals surface area contributed by atoms with E-state index in [4.69, 9.17) is 0 Å². The molecule has 0 aliphatic rings. The first-order chi connectivity index (χ1) is 13.9. The Kier molecular flexibility index (Phi) is 6.01. The van der Waals surface area contributed by atoms with Gasteiger partial charge in [-0.05, 0) is 25.5 Å². The maximum Gasteiger partial charge on any atom is 0.276 e. The molecular formula is C21H22N4O4. The highest BCUT2D eigenvalue weighted by Crippen LogP contribution is 2.23. The maximum atomic E-state index is 12.9. The number of nitro benzene ring substituents is 1. The van der Waals surface area contributed by atoms with E-state index >= 15 is 0 Å². The first-order valence-corrected chi connectivity index (χ1v) is 9.48. The van der Waals surface area contributed by atoms with Crippen molar-refractivity contribution in [3.8, 4) is 0 Å². The Bertz CT molecular complexity index is 1140. The van der Waals surface area contributed by atoms with Crippen molar-refractivity contribution in [2.45, 2.75) is 39.7 Å². The number of hydrogen-bond donors (Lipinski definition) is 1. The molecule has 0 spiro atoms. The Labute approximate surface area is 167 Å². The number of unbranched alkanes of at least 4 members (excludes halogenated alkanes) is 2. The van der Waals surface area contributed by atoms with Crippen LogP contribution in [0.1, 0.15) is 42.2 Å². The lowest BCUT2D eigenvalue weighted by molar-refractivity contribution is -0.385. The highest BCUT2D eigenvalue weighted by molar-refractivity contribution is 6.11. The quantitative estimate of drug-likeness (QED) is 0.369. The lowest BCUT2D eigenvalue weighted by Crippen LogP contribution is -2.27. The van der Waals surface area contributed by atoms with E-state index in [0.29, 0.717) is 28.6 Å². The van der Waals surface area contributed by atoms with E-state index < -0.39 is 10.8 Å². The van der Waals surface area contributed by atoms with Crippen molar-refractivity contribution < 1.29 is 9.72 Å². The van der Waals surface area contributed by atoms with Gasteiger partial charge in [0.15, 0.2) is 5.69 Å². The number of nitro groups is 1. The number of aromatic nitrogens is 2. The van der Waals surface area contributed by atoms with E-state index in [9.17, 15) is 19.7 Å². The molecule has 150 valence electrons. The summed E-state index contributed by atoms with van der Waals surface area (Å²) in [6.07, 6.45) is 2.74. The van der Waals surface area contributed by atoms with Gasteiger partial charge in [-0.25, -0.2) is 4.68 Å². The van der Waals surface area contributed by atoms with E-state index in [1.807, 2.05) is 0 Å². The highest BCUT2D eigenvalue weighted by Gasteiger charge is 2.18. The van der Waals surface area contributed by atoms with Crippen LogP contribution in [0.25, 0.3) is 10.8 Å². The third kappa shape index (κ3) is 4.31. The normalized spacial score (nSPS) is 10.8. The molecule has 0 saturated heterocycles. The first-order valence-electron chi connectivity index (χ1n) is 9.48. The monoisotopic (exact) mass is 394 g/mol. The molecule has 0 radical (unpaired) electrons. The topological polar surface area (TPSA) is 107 Å². The van der Waals surface area contributed by atoms with Gasteiger partial charge >= 0.3 is 0 Å². The average Bonchev–Trinajstić information content (AvgIpc) is 2.71. The smallest absolute Gasteiger partial charge is 0.276 e. The fourth-order valence-electron chi connectivity index (χ4n) is 3.14. The van der Waals surface area contributed by atoms with Crippen LogP contribution in [0.5, 0.6) is 0 Å². The van der Waals surface area contributed by atoms with Crippen LogP contribution in [0.3, 0.4) is 0 Å². The SMILES string of the molecule is CCCCCn1nc(C(=O)Nc2ccc(C)c([N+](=O)[O-])c2)c2ccccc2c1=O. The Morgan fingerprint density at radius 2 is 1.90 bits per heavy atom. The molecule has 2 aromatic carbocycles. The van der Waals surface area contributed by atoms with Gasteiger partial charge in [-0.1, -0.05) is 44.0 Å². The van der Waals surface area contributed by atoms with Gasteiger partial charge in [0.1, 0.15) is 0 Å². The van der Waals surface area contributed by atoms with Crippen molar-refractivity contribution in [3.63, 3.8) is 0 Å². The minimum absolute atomic E-state index is 0.0786. The summed E-state index contributed by atoms with van der Waals surface area (Å²) in [7, 11) is 0. The molecule has 8 heteroatoms. The van der Waals surface area contributed by atoms with Gasteiger partial charge in [0.25, 0.3) is 17.2 Å². The Morgan fingerprint density at radius 3 is 2.59 bits per heavy atom. The van der Waals surface area contributed by atoms with E-state index in [-0.39, 0.29) is 16.9 Å². The summed E-state index contributed by atoms with van der Waals surface area (Å²) in [5, 5.41) is 19.0. The van der Waals surface area contributed by atoms with Gasteiger partial charge in [0.2, 0.25) is 0 Å². The van der Waals surface area contributed by atoms with Crippen molar-refractivity contribution >= 4 is 28.1 Å². The number of amides is 1. The van der Waals surface area contributed by atoms with Crippen LogP contribution in [0.4, 0.5) is 11.4 Å². The van der Waals surface area contributed by atoms with Crippen LogP contribution in [0.15, 0.2) is 47.3 Å². The molecule has 1 amide bonds. The van der Waals surface area contributed by atoms with Gasteiger partial charge in [0.05, 0.1) is 10.3 Å². The van der Waals surface area contributed by atoms with Crippen molar-refractivity contribution in [2.75, 3.05) is 5.32 Å². The zero-order chi connectivity index (χ0) is 21.0. The van der Waals surface area contributed by atoms with Gasteiger partial charge in [0, 0.05) is 29.2 Å². The minimum Gasteiger partial charge on any atom is -0.320 e. The molecule has 0 aliphatic heterocycles. The van der Waals surface area contributed by atoms with Crippen LogP contribution in [-0.2, 0) is 6.54 Å². The van der Waals surface area contributed by atoms with Crippen LogP contribution in [0.2, 0.25) is 0 Å². The highest BCUT2D eigenvalue weighted by atomic mass is 16.6. The molecule has 0 saturated carbocycles. The number of hydrogen-bond acceptors (Lipinski definition) is 5. The lowest BCUT2D eigenvalue weighted by Gasteiger charge is -2.11. The lowest BCUT2D eigenvalue weighted by atomic mass is 10.1. The van der Waals surface area contributed by atoms with Crippen LogP contribution >= 0.6 is 0 Å². The zero-order valence-corrected chi connectivity index (χ0v) is 16.3. The molecule has 8 nitrogen and oxygen atoms in total. The second kappa shape index (κ2) is 8.64. The third-order valence-electron chi connectivity index (χ3n) is 4.72. The minimum atomic E-state index is -0.524. The second-order valence-corrected chi connectivity index (χ2v) is 6.84. The van der Waals surface area contributed by atoms with E-state index in [1.165, 1.54) is 10.7 Å². The van der Waals surface area contributed by atoms with Gasteiger partial charge in [-0.2, -0.15) is 5.10 Å². The summed E-state index contributed by atoms with van der Waals surface area (Å²) < 4.78 is 1.32. The van der Waals surface area contributed by atoms with Crippen molar-refractivity contribution in [3.05, 3.63) is 74.2 Å². The fourth-order valence-corrected chi connectivity index (χ4v) is 3.14. The van der Waals surface area contributed by atoms with Crippen LogP contribution in [-0.4, -0.2) is 20.6 Å². The predicted molar refractivity (Wildman–Crippen MR) is 111 cm³/mol. The van der Waals surface area contributed by atoms with Gasteiger partial charge in [-0.3, -0.25) is 19.7 Å². The molecule has 3 rings (SSSR count). The largest absolute Gasteiger partial charge is 0.320 e. The number of aryl methyl sites for hydroxylation is 2. The van der Waals surface area contributed by atoms with Crippen LogP contribution < -0.4 is 10.9 Å². The maximum absolute atomic E-state index is 12.9. The third-order valence-corrected chi connectivity index (χ3v) is 4.72. The predicted octanol–water partition coefficient (Wildman–Crippen LogP) is 4.06. The van der Waals surface area contributed by atoms with E-state index in [1.54, 1.807) is 43.3 Å². The summed E-state index contributed by atoms with van der Waals surface area (Å²) >= 11 is 0. The molecular weight excluding hydrogens is 372 g/mol. The van der Waals surface area contributed by atoms with Gasteiger partial charge < -0.3 is 5.32 Å². The summed E-state index contributed by atoms with van der Waals surface area (Å²) in [5.41, 5.74) is 0.590. The number of benzene rings is 2. The Morgan fingerprint density at radius 1 is 1.17 bits per heavy atom. The number of rotatable bonds is 7. The number of carbonyl (C=O) groups excluding carboxylic acids is 1. The Balaban J connectivity index is 2.01. The van der Waals surface area contributed by atoms with Crippen molar-refractivity contribution in [2.24, 2.45) is 0 Å². The summed E-state index contributed by atoms with van der Waals surface area (Å²) in [6, 6.07) is 11.3. The Hall–Kier alpha value is -3.55. The number of anilines is 1. The number of carbonyl (C=O) groups is 1. The summed E-state index contributed by atoms with van der Waals surface area (Å²) in [4.78, 5) is 36.3. The fraction of sp³-hybridized carbons (Fsp3) is 0.286. The summed E-state index contributed by atoms with van der Waals surface area (Å²) in [6.45, 7) is 4.12. The molecule has 0 aliphatic carbocycles. The molecule has 3 aromatic rings. The summed E-state index contributed by atoms with van der Waals surface area (Å²) in [5.74, 6) is -0.524. The van der Waals surface area contributed by atoms with E-state index in [2.05, 4.69) is 17.3 Å². The number of nitrogens with zero attached hydrogens (tertiary/aromatic N) is 3. The molecule has 1 aromatic heterocycles. The average molecular weight is 394 g/mol. The number of fused-ring (bicyclic) bond motifs is 1. The van der Waals surface area contributed by atoms with Crippen molar-refractivity contribution in [1.82, 2.24) is 9.78 Å². The van der Waals surface area contributed by atoms with E-state index in [0.717, 1.165) is 19.3 Å². The molecule has 1 heterocycles. The molecule has 0 fully saturated rings. The van der Waals surface area contributed by atoms with Crippen LogP contribution in [0, 0.1) is 17.0 Å². The standard InChI is InChI=1S/C21H22N4O4/c1-3-4-7-12-24-21(27)17-9-6-5-8-16(17)19(23-24)20(26)22-15-11-10-14(2)18(13-15)25(28)29/h5-6,8-11,13H,3-4,7,12H2,1-2H3,(H,22,26). The van der Waals surface area contributed by atoms with Crippen molar-refractivity contribution in [1.29, 1.82) is 0 Å². The molecule has 0 atom stereocenters. The second-order valence-electron chi connectivity index (χ2n) is 6.84.